The number of hydrogen-bond donors (Lipinski definition) is 0. The maximum Gasteiger partial charge on any atom is 0.316 e. The Balaban J connectivity index is 1.53. The molecule has 0 radical (unpaired) electrons. The van der Waals surface area contributed by atoms with Gasteiger partial charge in [-0.15, -0.1) is 0 Å². The Bertz CT molecular complexity index is 1380. The molecule has 2 aromatic rings. The summed E-state index contributed by atoms with van der Waals surface area (Å²) in [5, 5.41) is -0.753. The zero-order valence-corrected chi connectivity index (χ0v) is 27.2. The number of sulfonamides is 1. The van der Waals surface area contributed by atoms with Gasteiger partial charge in [-0.05, 0) is 63.3 Å². The summed E-state index contributed by atoms with van der Waals surface area (Å²) in [7, 11) is -3.87. The van der Waals surface area contributed by atoms with Crippen LogP contribution in [0.3, 0.4) is 0 Å². The van der Waals surface area contributed by atoms with Crippen molar-refractivity contribution in [2.45, 2.75) is 94.1 Å². The SMILES string of the molecule is COC(=O)[C@]1(c2cc(F)c(CN3[C@@H](C)CC[C@H](c4ccccc4)S3(=O)=O)cc2F)C[C@@](C)(OCOCC[Si](C)(C)C)C1. The van der Waals surface area contributed by atoms with Crippen LogP contribution in [0.15, 0.2) is 42.5 Å². The van der Waals surface area contributed by atoms with Crippen molar-refractivity contribution < 1.29 is 36.2 Å². The largest absolute Gasteiger partial charge is 0.468 e. The van der Waals surface area contributed by atoms with E-state index in [1.807, 2.05) is 13.0 Å². The fourth-order valence-corrected chi connectivity index (χ4v) is 9.13. The predicted molar refractivity (Wildman–Crippen MR) is 160 cm³/mol. The van der Waals surface area contributed by atoms with E-state index in [0.717, 1.165) is 18.2 Å². The molecule has 4 rings (SSSR count). The van der Waals surface area contributed by atoms with Crippen molar-refractivity contribution in [1.29, 1.82) is 0 Å². The number of hydrogen-bond acceptors (Lipinski definition) is 6. The van der Waals surface area contributed by atoms with E-state index >= 15 is 8.78 Å². The van der Waals surface area contributed by atoms with Gasteiger partial charge in [0.1, 0.15) is 29.1 Å². The van der Waals surface area contributed by atoms with Crippen molar-refractivity contribution in [3.8, 4) is 0 Å². The maximum atomic E-state index is 15.7. The first kappa shape index (κ1) is 32.7. The molecule has 1 aliphatic heterocycles. The highest BCUT2D eigenvalue weighted by Crippen LogP contribution is 2.54. The van der Waals surface area contributed by atoms with Crippen molar-refractivity contribution in [2.75, 3.05) is 20.5 Å². The number of methoxy groups -OCH3 is 1. The molecule has 2 aromatic carbocycles. The predicted octanol–water partition coefficient (Wildman–Crippen LogP) is 6.31. The molecule has 2 aliphatic rings. The first-order valence-electron chi connectivity index (χ1n) is 14.5. The minimum atomic E-state index is -3.84. The van der Waals surface area contributed by atoms with Gasteiger partial charge < -0.3 is 14.2 Å². The van der Waals surface area contributed by atoms with Crippen LogP contribution < -0.4 is 0 Å². The number of benzene rings is 2. The van der Waals surface area contributed by atoms with Gasteiger partial charge in [-0.25, -0.2) is 17.2 Å². The average molecular weight is 624 g/mol. The molecule has 1 heterocycles. The second kappa shape index (κ2) is 12.4. The Morgan fingerprint density at radius 1 is 1.07 bits per heavy atom. The summed E-state index contributed by atoms with van der Waals surface area (Å²) in [4.78, 5) is 13.0. The van der Waals surface area contributed by atoms with Crippen LogP contribution in [0, 0.1) is 11.6 Å². The minimum Gasteiger partial charge on any atom is -0.468 e. The molecule has 0 aromatic heterocycles. The van der Waals surface area contributed by atoms with E-state index in [1.165, 1.54) is 11.4 Å². The summed E-state index contributed by atoms with van der Waals surface area (Å²) < 4.78 is 76.4. The number of halogens is 2. The first-order chi connectivity index (χ1) is 19.6. The normalized spacial score (nSPS) is 27.8. The fraction of sp³-hybridized carbons (Fsp3) is 0.581. The van der Waals surface area contributed by atoms with Crippen molar-refractivity contribution >= 4 is 24.1 Å². The number of carbonyl (C=O) groups excluding carboxylic acids is 1. The summed E-state index contributed by atoms with van der Waals surface area (Å²) in [6, 6.07) is 11.6. The molecule has 0 amide bonds. The van der Waals surface area contributed by atoms with Crippen LogP contribution in [0.25, 0.3) is 0 Å². The third kappa shape index (κ3) is 6.80. The molecule has 0 spiro atoms. The highest BCUT2D eigenvalue weighted by molar-refractivity contribution is 7.89. The molecule has 1 saturated carbocycles. The summed E-state index contributed by atoms with van der Waals surface area (Å²) in [5.41, 5.74) is -1.73. The molecule has 232 valence electrons. The zero-order valence-electron chi connectivity index (χ0n) is 25.4. The van der Waals surface area contributed by atoms with Crippen LogP contribution in [-0.2, 0) is 41.0 Å². The highest BCUT2D eigenvalue weighted by Gasteiger charge is 2.60. The Morgan fingerprint density at radius 3 is 2.36 bits per heavy atom. The van der Waals surface area contributed by atoms with E-state index in [1.54, 1.807) is 31.2 Å². The van der Waals surface area contributed by atoms with Gasteiger partial charge in [0.25, 0.3) is 0 Å². The van der Waals surface area contributed by atoms with E-state index in [0.29, 0.717) is 25.0 Å². The second-order valence-electron chi connectivity index (χ2n) is 13.2. The van der Waals surface area contributed by atoms with E-state index in [2.05, 4.69) is 19.6 Å². The quantitative estimate of drug-likeness (QED) is 0.126. The molecule has 2 atom stereocenters. The fourth-order valence-electron chi connectivity index (χ4n) is 6.18. The molecular weight excluding hydrogens is 580 g/mol. The van der Waals surface area contributed by atoms with Crippen molar-refractivity contribution in [3.05, 3.63) is 70.8 Å². The van der Waals surface area contributed by atoms with Gasteiger partial charge in [0.05, 0.1) is 12.7 Å². The number of esters is 1. The molecule has 0 bridgehead atoms. The van der Waals surface area contributed by atoms with Crippen LogP contribution in [0.5, 0.6) is 0 Å². The first-order valence-corrected chi connectivity index (χ1v) is 19.7. The van der Waals surface area contributed by atoms with Crippen LogP contribution in [0.4, 0.5) is 8.78 Å². The van der Waals surface area contributed by atoms with E-state index < -0.39 is 52.0 Å². The van der Waals surface area contributed by atoms with Gasteiger partial charge in [0.15, 0.2) is 0 Å². The molecule has 2 fully saturated rings. The Kier molecular flexibility index (Phi) is 9.69. The summed E-state index contributed by atoms with van der Waals surface area (Å²) in [5.74, 6) is -2.23. The Labute approximate surface area is 249 Å². The summed E-state index contributed by atoms with van der Waals surface area (Å²) in [6.45, 7) is 10.6. The summed E-state index contributed by atoms with van der Waals surface area (Å²) >= 11 is 0. The number of carbonyl (C=O) groups is 1. The Morgan fingerprint density at radius 2 is 1.74 bits per heavy atom. The van der Waals surface area contributed by atoms with Gasteiger partial charge >= 0.3 is 5.97 Å². The van der Waals surface area contributed by atoms with Crippen molar-refractivity contribution in [3.63, 3.8) is 0 Å². The smallest absolute Gasteiger partial charge is 0.316 e. The average Bonchev–Trinajstić information content (AvgIpc) is 2.90. The van der Waals surface area contributed by atoms with Crippen LogP contribution in [0.2, 0.25) is 25.7 Å². The van der Waals surface area contributed by atoms with E-state index in [9.17, 15) is 13.2 Å². The molecule has 42 heavy (non-hydrogen) atoms. The number of nitrogens with zero attached hydrogens (tertiary/aromatic N) is 1. The van der Waals surface area contributed by atoms with Crippen LogP contribution in [-0.4, -0.2) is 58.9 Å². The van der Waals surface area contributed by atoms with Crippen molar-refractivity contribution in [1.82, 2.24) is 4.31 Å². The third-order valence-corrected chi connectivity index (χ3v) is 12.7. The number of ether oxygens (including phenoxy) is 3. The monoisotopic (exact) mass is 623 g/mol. The van der Waals surface area contributed by atoms with Crippen LogP contribution in [0.1, 0.15) is 61.5 Å². The standard InChI is InChI=1S/C31H43F2NO6SSi/c1-22-12-13-28(23-10-8-7-9-11-23)41(36,37)34(22)18-24-16-27(33)25(17-26(24)32)31(29(35)38-3)19-30(2,20-31)40-21-39-14-15-42(4,5)6/h7-11,16-17,22,28H,12-15,18-21H2,1-6H3/t22-,28+,30-,31-/m0/s1. The van der Waals surface area contributed by atoms with E-state index in [4.69, 9.17) is 14.2 Å². The highest BCUT2D eigenvalue weighted by atomic mass is 32.2. The molecule has 0 unspecified atom stereocenters. The van der Waals surface area contributed by atoms with Gasteiger partial charge in [-0.2, -0.15) is 4.31 Å². The summed E-state index contributed by atoms with van der Waals surface area (Å²) in [6.07, 6.45) is 1.23. The third-order valence-electron chi connectivity index (χ3n) is 8.59. The molecule has 7 nitrogen and oxygen atoms in total. The molecular formula is C31H43F2NO6SSi. The molecule has 1 aliphatic carbocycles. The van der Waals surface area contributed by atoms with Gasteiger partial charge in [0, 0.05) is 38.4 Å². The Hall–Kier alpha value is -2.18. The molecule has 11 heteroatoms. The lowest BCUT2D eigenvalue weighted by Gasteiger charge is -2.52. The number of rotatable bonds is 11. The van der Waals surface area contributed by atoms with Gasteiger partial charge in [0.2, 0.25) is 10.0 Å². The molecule has 1 saturated heterocycles. The molecule has 0 N–H and O–H groups in total. The lowest BCUT2D eigenvalue weighted by Crippen LogP contribution is -2.59. The van der Waals surface area contributed by atoms with Crippen LogP contribution >= 0.6 is 0 Å². The van der Waals surface area contributed by atoms with Crippen molar-refractivity contribution in [2.24, 2.45) is 0 Å². The zero-order chi connectivity index (χ0) is 30.9. The maximum absolute atomic E-state index is 15.7. The second-order valence-corrected chi connectivity index (χ2v) is 20.9. The van der Waals surface area contributed by atoms with E-state index in [-0.39, 0.29) is 43.3 Å². The van der Waals surface area contributed by atoms with Gasteiger partial charge in [-0.3, -0.25) is 4.79 Å². The minimum absolute atomic E-state index is 0.0421. The lowest BCUT2D eigenvalue weighted by molar-refractivity contribution is -0.201. The lowest BCUT2D eigenvalue weighted by atomic mass is 9.56. The topological polar surface area (TPSA) is 82.1 Å². The van der Waals surface area contributed by atoms with Gasteiger partial charge in [-0.1, -0.05) is 50.0 Å².